The van der Waals surface area contributed by atoms with Gasteiger partial charge in [-0.1, -0.05) is 59.6 Å². The second kappa shape index (κ2) is 7.94. The Morgan fingerprint density at radius 3 is 2.34 bits per heavy atom. The molecule has 146 valence electrons. The highest BCUT2D eigenvalue weighted by atomic mass is 35.5. The van der Waals surface area contributed by atoms with Crippen molar-refractivity contribution in [3.05, 3.63) is 97.6 Å². The zero-order chi connectivity index (χ0) is 20.5. The number of aryl methyl sites for hydroxylation is 2. The van der Waals surface area contributed by atoms with Gasteiger partial charge in [0, 0.05) is 16.1 Å². The lowest BCUT2D eigenvalue weighted by Crippen LogP contribution is -2.11. The first-order valence-electron chi connectivity index (χ1n) is 9.15. The minimum absolute atomic E-state index is 0.123. The summed E-state index contributed by atoms with van der Waals surface area (Å²) in [7, 11) is 0. The molecule has 0 amide bonds. The molecule has 0 atom stereocenters. The fourth-order valence-corrected chi connectivity index (χ4v) is 3.80. The number of benzene rings is 3. The monoisotopic (exact) mass is 424 g/mol. The van der Waals surface area contributed by atoms with Gasteiger partial charge in [-0.25, -0.2) is 0 Å². The van der Waals surface area contributed by atoms with Gasteiger partial charge in [-0.2, -0.15) is 0 Å². The Labute approximate surface area is 178 Å². The molecule has 0 radical (unpaired) electrons. The normalized spacial score (nSPS) is 11.0. The molecule has 0 spiro atoms. The van der Waals surface area contributed by atoms with E-state index in [-0.39, 0.29) is 17.8 Å². The van der Waals surface area contributed by atoms with E-state index >= 15 is 0 Å². The Kier molecular flexibility index (Phi) is 5.35. The first-order chi connectivity index (χ1) is 14.0. The van der Waals surface area contributed by atoms with Gasteiger partial charge >= 0.3 is 0 Å². The molecule has 0 fully saturated rings. The lowest BCUT2D eigenvalue weighted by Gasteiger charge is -2.14. The molecule has 3 nitrogen and oxygen atoms in total. The van der Waals surface area contributed by atoms with Gasteiger partial charge in [0.15, 0.2) is 5.76 Å². The molecule has 0 saturated heterocycles. The van der Waals surface area contributed by atoms with E-state index in [4.69, 9.17) is 32.4 Å². The molecular weight excluding hydrogens is 407 g/mol. The van der Waals surface area contributed by atoms with Crippen molar-refractivity contribution in [3.8, 4) is 17.1 Å². The summed E-state index contributed by atoms with van der Waals surface area (Å²) < 4.78 is 12.2. The predicted octanol–water partition coefficient (Wildman–Crippen LogP) is 6.96. The average Bonchev–Trinajstić information content (AvgIpc) is 2.68. The van der Waals surface area contributed by atoms with Crippen LogP contribution >= 0.6 is 23.2 Å². The summed E-state index contributed by atoms with van der Waals surface area (Å²) in [5.74, 6) is 0.433. The van der Waals surface area contributed by atoms with Crippen LogP contribution in [0.1, 0.15) is 16.7 Å². The first-order valence-corrected chi connectivity index (χ1v) is 9.90. The maximum absolute atomic E-state index is 13.4. The van der Waals surface area contributed by atoms with Crippen molar-refractivity contribution in [2.75, 3.05) is 0 Å². The van der Waals surface area contributed by atoms with Crippen LogP contribution in [0.4, 0.5) is 0 Å². The van der Waals surface area contributed by atoms with E-state index in [1.165, 1.54) is 0 Å². The molecular formula is C24H18Cl2O3. The van der Waals surface area contributed by atoms with Crippen LogP contribution in [0.25, 0.3) is 22.3 Å². The van der Waals surface area contributed by atoms with Crippen LogP contribution in [0.15, 0.2) is 69.9 Å². The highest BCUT2D eigenvalue weighted by Crippen LogP contribution is 2.36. The van der Waals surface area contributed by atoms with E-state index in [0.29, 0.717) is 32.3 Å². The smallest absolute Gasteiger partial charge is 0.235 e. The minimum atomic E-state index is -0.231. The predicted molar refractivity (Wildman–Crippen MR) is 118 cm³/mol. The largest absolute Gasteiger partial charge is 0.481 e. The van der Waals surface area contributed by atoms with Crippen molar-refractivity contribution in [2.24, 2.45) is 0 Å². The summed E-state index contributed by atoms with van der Waals surface area (Å²) >= 11 is 12.6. The molecule has 0 aliphatic heterocycles. The molecule has 0 N–H and O–H groups in total. The summed E-state index contributed by atoms with van der Waals surface area (Å²) in [6, 6.07) is 18.4. The van der Waals surface area contributed by atoms with E-state index in [9.17, 15) is 4.79 Å². The van der Waals surface area contributed by atoms with E-state index in [1.807, 2.05) is 56.3 Å². The van der Waals surface area contributed by atoms with Gasteiger partial charge in [0.1, 0.15) is 12.2 Å². The van der Waals surface area contributed by atoms with Crippen molar-refractivity contribution in [1.29, 1.82) is 0 Å². The SMILES string of the molecule is Cc1cc(C)c2c(=O)c(OCc3ccccc3Cl)c(-c3ccccc3Cl)oc2c1. The molecule has 0 saturated carbocycles. The van der Waals surface area contributed by atoms with Crippen LogP contribution in [0.3, 0.4) is 0 Å². The topological polar surface area (TPSA) is 39.4 Å². The van der Waals surface area contributed by atoms with Gasteiger partial charge in [-0.05, 0) is 49.2 Å². The van der Waals surface area contributed by atoms with Crippen LogP contribution in [0.5, 0.6) is 5.75 Å². The standard InChI is InChI=1S/C24H18Cl2O3/c1-14-11-15(2)21-20(12-14)29-23(17-8-4-6-10-19(17)26)24(22(21)27)28-13-16-7-3-5-9-18(16)25/h3-12H,13H2,1-2H3. The van der Waals surface area contributed by atoms with Crippen molar-refractivity contribution < 1.29 is 9.15 Å². The molecule has 0 aliphatic carbocycles. The quantitative estimate of drug-likeness (QED) is 0.355. The first kappa shape index (κ1) is 19.6. The number of halogens is 2. The Morgan fingerprint density at radius 1 is 0.931 bits per heavy atom. The van der Waals surface area contributed by atoms with Crippen LogP contribution < -0.4 is 10.2 Å². The van der Waals surface area contributed by atoms with Crippen LogP contribution in [0, 0.1) is 13.8 Å². The van der Waals surface area contributed by atoms with Gasteiger partial charge < -0.3 is 9.15 Å². The summed E-state index contributed by atoms with van der Waals surface area (Å²) in [6.07, 6.45) is 0. The van der Waals surface area contributed by atoms with Crippen LogP contribution in [-0.2, 0) is 6.61 Å². The summed E-state index contributed by atoms with van der Waals surface area (Å²) in [5, 5.41) is 1.55. The average molecular weight is 425 g/mol. The molecule has 0 aliphatic rings. The molecule has 29 heavy (non-hydrogen) atoms. The summed E-state index contributed by atoms with van der Waals surface area (Å²) in [6.45, 7) is 3.99. The third-order valence-electron chi connectivity index (χ3n) is 4.74. The third kappa shape index (κ3) is 3.76. The molecule has 1 aromatic heterocycles. The maximum Gasteiger partial charge on any atom is 0.235 e. The van der Waals surface area contributed by atoms with Gasteiger partial charge in [-0.15, -0.1) is 0 Å². The highest BCUT2D eigenvalue weighted by molar-refractivity contribution is 6.33. The molecule has 3 aromatic carbocycles. The van der Waals surface area contributed by atoms with Crippen LogP contribution in [-0.4, -0.2) is 0 Å². The van der Waals surface area contributed by atoms with E-state index < -0.39 is 0 Å². The Balaban J connectivity index is 1.94. The molecule has 4 rings (SSSR count). The fraction of sp³-hybridized carbons (Fsp3) is 0.125. The highest BCUT2D eigenvalue weighted by Gasteiger charge is 2.21. The zero-order valence-electron chi connectivity index (χ0n) is 16.0. The van der Waals surface area contributed by atoms with Crippen LogP contribution in [0.2, 0.25) is 10.0 Å². The second-order valence-electron chi connectivity index (χ2n) is 6.90. The lowest BCUT2D eigenvalue weighted by atomic mass is 10.0. The van der Waals surface area contributed by atoms with Crippen molar-refractivity contribution in [1.82, 2.24) is 0 Å². The maximum atomic E-state index is 13.4. The van der Waals surface area contributed by atoms with Gasteiger partial charge in [0.25, 0.3) is 0 Å². The van der Waals surface area contributed by atoms with Crippen molar-refractivity contribution in [2.45, 2.75) is 20.5 Å². The summed E-state index contributed by atoms with van der Waals surface area (Å²) in [4.78, 5) is 13.4. The molecule has 5 heteroatoms. The molecule has 4 aromatic rings. The van der Waals surface area contributed by atoms with Crippen molar-refractivity contribution >= 4 is 34.2 Å². The fourth-order valence-electron chi connectivity index (χ4n) is 3.39. The second-order valence-corrected chi connectivity index (χ2v) is 7.72. The molecule has 0 unspecified atom stereocenters. The van der Waals surface area contributed by atoms with Gasteiger partial charge in [0.2, 0.25) is 11.2 Å². The Morgan fingerprint density at radius 2 is 1.62 bits per heavy atom. The Bertz CT molecular complexity index is 1280. The number of rotatable bonds is 4. The van der Waals surface area contributed by atoms with Gasteiger partial charge in [0.05, 0.1) is 10.4 Å². The number of ether oxygens (including phenoxy) is 1. The molecule has 0 bridgehead atoms. The van der Waals surface area contributed by atoms with E-state index in [0.717, 1.165) is 16.7 Å². The number of hydrogen-bond donors (Lipinski definition) is 0. The zero-order valence-corrected chi connectivity index (χ0v) is 17.5. The lowest BCUT2D eigenvalue weighted by molar-refractivity contribution is 0.298. The summed E-state index contributed by atoms with van der Waals surface area (Å²) in [5.41, 5.74) is 3.49. The van der Waals surface area contributed by atoms with Gasteiger partial charge in [-0.3, -0.25) is 4.79 Å². The third-order valence-corrected chi connectivity index (χ3v) is 5.44. The van der Waals surface area contributed by atoms with Crippen molar-refractivity contribution in [3.63, 3.8) is 0 Å². The number of hydrogen-bond acceptors (Lipinski definition) is 3. The molecule has 1 heterocycles. The van der Waals surface area contributed by atoms with E-state index in [2.05, 4.69) is 0 Å². The number of fused-ring (bicyclic) bond motifs is 1. The Hall–Kier alpha value is -2.75. The van der Waals surface area contributed by atoms with E-state index in [1.54, 1.807) is 18.2 Å². The minimum Gasteiger partial charge on any atom is -0.481 e.